The van der Waals surface area contributed by atoms with E-state index < -0.39 is 5.78 Å². The summed E-state index contributed by atoms with van der Waals surface area (Å²) in [7, 11) is 0. The number of rotatable bonds is 2. The minimum Gasteiger partial charge on any atom is -0.294 e. The number of aldehydes is 1. The van der Waals surface area contributed by atoms with Crippen molar-refractivity contribution in [1.82, 2.24) is 0 Å². The molecule has 0 saturated heterocycles. The Balaban J connectivity index is 1.88. The highest BCUT2D eigenvalue weighted by atomic mass is 16.2. The van der Waals surface area contributed by atoms with Gasteiger partial charge < -0.3 is 0 Å². The molecule has 30 heavy (non-hydrogen) atoms. The molecule has 2 aliphatic carbocycles. The molecule has 3 aromatic carbocycles. The standard InChI is InChI=1S/C28H24O2/c1-15-5-6-16(2)23-11-20-12-25-21(9-19(20)10-22(15)23)13-24-17(3)7-8-18(4)27(24)28(25)26(30)14-29/h5-10,12,14H,11,13H2,1-4H3. The number of benzene rings is 3. The first-order valence-corrected chi connectivity index (χ1v) is 10.4. The predicted octanol–water partition coefficient (Wildman–Crippen LogP) is 3.52. The van der Waals surface area contributed by atoms with E-state index in [4.69, 9.17) is 0 Å². The molecular formula is C28H24O2. The van der Waals surface area contributed by atoms with Gasteiger partial charge in [0.1, 0.15) is 0 Å². The number of ketones is 1. The summed E-state index contributed by atoms with van der Waals surface area (Å²) >= 11 is 0. The van der Waals surface area contributed by atoms with Crippen molar-refractivity contribution in [2.24, 2.45) is 0 Å². The van der Waals surface area contributed by atoms with Crippen LogP contribution in [-0.4, -0.2) is 12.1 Å². The van der Waals surface area contributed by atoms with Gasteiger partial charge in [0.2, 0.25) is 5.78 Å². The molecule has 148 valence electrons. The zero-order valence-corrected chi connectivity index (χ0v) is 17.8. The van der Waals surface area contributed by atoms with Crippen molar-refractivity contribution < 1.29 is 9.59 Å². The van der Waals surface area contributed by atoms with Crippen molar-refractivity contribution >= 4 is 23.7 Å². The third kappa shape index (κ3) is 2.64. The third-order valence-electron chi connectivity index (χ3n) is 6.84. The van der Waals surface area contributed by atoms with Gasteiger partial charge in [0.15, 0.2) is 6.29 Å². The van der Waals surface area contributed by atoms with Crippen LogP contribution in [0.4, 0.5) is 0 Å². The first-order chi connectivity index (χ1) is 14.4. The normalized spacial score (nSPS) is 13.5. The average molecular weight is 392 g/mol. The van der Waals surface area contributed by atoms with Crippen LogP contribution >= 0.6 is 0 Å². The Morgan fingerprint density at radius 1 is 0.800 bits per heavy atom. The van der Waals surface area contributed by atoms with Crippen molar-refractivity contribution in [3.8, 4) is 0 Å². The van der Waals surface area contributed by atoms with Crippen LogP contribution in [0.2, 0.25) is 0 Å². The fraction of sp³-hybridized carbons (Fsp3) is 0.214. The van der Waals surface area contributed by atoms with Gasteiger partial charge in [-0.1, -0.05) is 30.3 Å². The summed E-state index contributed by atoms with van der Waals surface area (Å²) in [6, 6.07) is 12.9. The summed E-state index contributed by atoms with van der Waals surface area (Å²) in [6.07, 6.45) is 4.39. The average Bonchev–Trinajstić information content (AvgIpc) is 2.74. The van der Waals surface area contributed by atoms with Gasteiger partial charge in [-0.2, -0.15) is 0 Å². The summed E-state index contributed by atoms with van der Waals surface area (Å²) in [5, 5.41) is 2.15. The lowest BCUT2D eigenvalue weighted by atomic mass is 9.78. The largest absolute Gasteiger partial charge is 0.294 e. The number of aryl methyl sites for hydroxylation is 4. The molecule has 0 atom stereocenters. The number of carbonyl (C=O) groups is 2. The number of hydrogen-bond donors (Lipinski definition) is 0. The molecule has 0 N–H and O–H groups in total. The van der Waals surface area contributed by atoms with Gasteiger partial charge in [-0.25, -0.2) is 0 Å². The van der Waals surface area contributed by atoms with Crippen LogP contribution in [-0.2, 0) is 22.4 Å². The fourth-order valence-electron chi connectivity index (χ4n) is 5.13. The summed E-state index contributed by atoms with van der Waals surface area (Å²) in [4.78, 5) is 24.4. The molecule has 0 bridgehead atoms. The van der Waals surface area contributed by atoms with E-state index in [0.717, 1.165) is 45.9 Å². The Kier molecular flexibility index (Phi) is 4.14. The van der Waals surface area contributed by atoms with Crippen molar-refractivity contribution in [3.63, 3.8) is 0 Å². The molecule has 2 nitrogen and oxygen atoms in total. The molecule has 0 spiro atoms. The van der Waals surface area contributed by atoms with Crippen LogP contribution in [0.3, 0.4) is 0 Å². The zero-order valence-electron chi connectivity index (χ0n) is 17.8. The predicted molar refractivity (Wildman–Crippen MR) is 120 cm³/mol. The van der Waals surface area contributed by atoms with Crippen molar-refractivity contribution in [2.75, 3.05) is 0 Å². The molecule has 0 heterocycles. The number of carbonyl (C=O) groups excluding carboxylic acids is 2. The Morgan fingerprint density at radius 3 is 2.17 bits per heavy atom. The van der Waals surface area contributed by atoms with Gasteiger partial charge in [0.25, 0.3) is 0 Å². The van der Waals surface area contributed by atoms with E-state index in [1.54, 1.807) is 0 Å². The smallest absolute Gasteiger partial charge is 0.226 e. The van der Waals surface area contributed by atoms with E-state index in [1.807, 2.05) is 13.0 Å². The van der Waals surface area contributed by atoms with Crippen molar-refractivity contribution in [2.45, 2.75) is 40.5 Å². The highest BCUT2D eigenvalue weighted by Gasteiger charge is 2.26. The van der Waals surface area contributed by atoms with Crippen LogP contribution < -0.4 is 10.4 Å². The van der Waals surface area contributed by atoms with Crippen LogP contribution in [0.15, 0.2) is 36.4 Å². The second-order valence-corrected chi connectivity index (χ2v) is 8.71. The van der Waals surface area contributed by atoms with Gasteiger partial charge >= 0.3 is 0 Å². The minimum absolute atomic E-state index is 0.432. The second kappa shape index (κ2) is 6.63. The molecule has 3 aromatic rings. The zero-order chi connectivity index (χ0) is 21.2. The number of hydrogen-bond acceptors (Lipinski definition) is 2. The molecule has 5 rings (SSSR count). The summed E-state index contributed by atoms with van der Waals surface area (Å²) in [6.45, 7) is 8.43. The SMILES string of the molecule is Cc1ccc(C)c2c1C=c1cc3c(cc1C2)=C(C(=O)C=O)c1c(C)ccc(C)c1C3. The number of Topliss-reactive ketones (excluding diaryl/α,β-unsaturated/α-hetero) is 1. The van der Waals surface area contributed by atoms with Crippen LogP contribution in [0, 0.1) is 27.7 Å². The van der Waals surface area contributed by atoms with Crippen LogP contribution in [0.5, 0.6) is 0 Å². The Labute approximate surface area is 176 Å². The quantitative estimate of drug-likeness (QED) is 0.386. The minimum atomic E-state index is -0.432. The lowest BCUT2D eigenvalue weighted by Gasteiger charge is -2.24. The fourth-order valence-corrected chi connectivity index (χ4v) is 5.13. The Hall–Kier alpha value is -3.26. The maximum absolute atomic E-state index is 12.8. The molecule has 2 heteroatoms. The van der Waals surface area contributed by atoms with Gasteiger partial charge in [-0.05, 0) is 119 Å². The molecule has 0 saturated carbocycles. The number of fused-ring (bicyclic) bond motifs is 4. The molecular weight excluding hydrogens is 368 g/mol. The molecule has 0 aliphatic heterocycles. The molecule has 0 aromatic heterocycles. The maximum Gasteiger partial charge on any atom is 0.226 e. The van der Waals surface area contributed by atoms with E-state index in [9.17, 15) is 9.59 Å². The van der Waals surface area contributed by atoms with Gasteiger partial charge in [0.05, 0.1) is 0 Å². The second-order valence-electron chi connectivity index (χ2n) is 8.71. The van der Waals surface area contributed by atoms with E-state index in [0.29, 0.717) is 11.9 Å². The lowest BCUT2D eigenvalue weighted by Crippen LogP contribution is -2.31. The molecule has 0 fully saturated rings. The van der Waals surface area contributed by atoms with Crippen LogP contribution in [0.1, 0.15) is 55.6 Å². The topological polar surface area (TPSA) is 34.1 Å². The first-order valence-electron chi connectivity index (χ1n) is 10.4. The molecule has 0 amide bonds. The highest BCUT2D eigenvalue weighted by molar-refractivity contribution is 6.46. The third-order valence-corrected chi connectivity index (χ3v) is 6.84. The van der Waals surface area contributed by atoms with Gasteiger partial charge in [-0.3, -0.25) is 9.59 Å². The van der Waals surface area contributed by atoms with E-state index in [1.165, 1.54) is 33.0 Å². The summed E-state index contributed by atoms with van der Waals surface area (Å²) in [5.41, 5.74) is 12.5. The Morgan fingerprint density at radius 2 is 1.43 bits per heavy atom. The molecule has 0 radical (unpaired) electrons. The summed E-state index contributed by atoms with van der Waals surface area (Å²) < 4.78 is 0. The first kappa shape index (κ1) is 18.7. The monoisotopic (exact) mass is 392 g/mol. The summed E-state index contributed by atoms with van der Waals surface area (Å²) in [5.74, 6) is -0.432. The van der Waals surface area contributed by atoms with Crippen molar-refractivity contribution in [1.29, 1.82) is 0 Å². The molecule has 2 aliphatic rings. The molecule has 0 unspecified atom stereocenters. The van der Waals surface area contributed by atoms with Gasteiger partial charge in [-0.15, -0.1) is 0 Å². The van der Waals surface area contributed by atoms with E-state index >= 15 is 0 Å². The Bertz CT molecular complexity index is 1400. The van der Waals surface area contributed by atoms with Crippen molar-refractivity contribution in [3.05, 3.63) is 102 Å². The van der Waals surface area contributed by atoms with Crippen LogP contribution in [0.25, 0.3) is 11.6 Å². The lowest BCUT2D eigenvalue weighted by molar-refractivity contribution is -0.126. The van der Waals surface area contributed by atoms with Gasteiger partial charge in [0, 0.05) is 5.57 Å². The van der Waals surface area contributed by atoms with E-state index in [-0.39, 0.29) is 0 Å². The highest BCUT2D eigenvalue weighted by Crippen LogP contribution is 2.31. The van der Waals surface area contributed by atoms with E-state index in [2.05, 4.69) is 57.2 Å². The maximum atomic E-state index is 12.8.